The SMILES string of the molecule is CN(CCC(=O)O)C(=O)N1Cc2ccccc2C1. The monoisotopic (exact) mass is 248 g/mol. The van der Waals surface area contributed by atoms with Gasteiger partial charge in [0.15, 0.2) is 0 Å². The summed E-state index contributed by atoms with van der Waals surface area (Å²) in [6, 6.07) is 7.83. The lowest BCUT2D eigenvalue weighted by atomic mass is 10.1. The first-order valence-corrected chi connectivity index (χ1v) is 5.86. The Kier molecular flexibility index (Phi) is 3.50. The zero-order chi connectivity index (χ0) is 13.1. The van der Waals surface area contributed by atoms with E-state index < -0.39 is 5.97 Å². The second-order valence-electron chi connectivity index (χ2n) is 4.47. The third-order valence-electron chi connectivity index (χ3n) is 3.10. The molecule has 2 amide bonds. The number of rotatable bonds is 3. The summed E-state index contributed by atoms with van der Waals surface area (Å²) in [6.07, 6.45) is -0.0248. The minimum atomic E-state index is -0.889. The molecule has 0 aromatic heterocycles. The number of urea groups is 1. The highest BCUT2D eigenvalue weighted by Gasteiger charge is 2.25. The van der Waals surface area contributed by atoms with Gasteiger partial charge in [-0.3, -0.25) is 4.79 Å². The zero-order valence-corrected chi connectivity index (χ0v) is 10.3. The highest BCUT2D eigenvalue weighted by atomic mass is 16.4. The van der Waals surface area contributed by atoms with Crippen molar-refractivity contribution in [3.8, 4) is 0 Å². The number of benzene rings is 1. The van der Waals surface area contributed by atoms with E-state index >= 15 is 0 Å². The van der Waals surface area contributed by atoms with Crippen LogP contribution in [0, 0.1) is 0 Å². The molecule has 0 spiro atoms. The molecule has 1 aromatic rings. The molecule has 0 fully saturated rings. The van der Waals surface area contributed by atoms with Gasteiger partial charge in [-0.15, -0.1) is 0 Å². The number of carboxylic acid groups (broad SMARTS) is 1. The van der Waals surface area contributed by atoms with E-state index in [0.717, 1.165) is 11.1 Å². The quantitative estimate of drug-likeness (QED) is 0.882. The van der Waals surface area contributed by atoms with Crippen molar-refractivity contribution in [1.82, 2.24) is 9.80 Å². The van der Waals surface area contributed by atoms with Gasteiger partial charge in [-0.05, 0) is 11.1 Å². The number of amides is 2. The topological polar surface area (TPSA) is 60.9 Å². The summed E-state index contributed by atoms with van der Waals surface area (Å²) in [5.41, 5.74) is 2.33. The van der Waals surface area contributed by atoms with Gasteiger partial charge in [0.05, 0.1) is 6.42 Å². The highest BCUT2D eigenvalue weighted by molar-refractivity contribution is 5.76. The van der Waals surface area contributed by atoms with Crippen LogP contribution in [-0.2, 0) is 17.9 Å². The predicted octanol–water partition coefficient (Wildman–Crippen LogP) is 1.53. The van der Waals surface area contributed by atoms with Crippen molar-refractivity contribution in [2.45, 2.75) is 19.5 Å². The first-order chi connectivity index (χ1) is 8.58. The van der Waals surface area contributed by atoms with Gasteiger partial charge in [-0.25, -0.2) is 4.79 Å². The average Bonchev–Trinajstić information content (AvgIpc) is 2.78. The van der Waals surface area contributed by atoms with Gasteiger partial charge in [-0.1, -0.05) is 24.3 Å². The summed E-state index contributed by atoms with van der Waals surface area (Å²) < 4.78 is 0. The Labute approximate surface area is 106 Å². The van der Waals surface area contributed by atoms with Crippen LogP contribution in [0.5, 0.6) is 0 Å². The van der Waals surface area contributed by atoms with Gasteiger partial charge in [0, 0.05) is 26.7 Å². The second kappa shape index (κ2) is 5.08. The number of carbonyl (C=O) groups is 2. The van der Waals surface area contributed by atoms with Crippen LogP contribution in [0.3, 0.4) is 0 Å². The maximum Gasteiger partial charge on any atom is 0.320 e. The van der Waals surface area contributed by atoms with E-state index in [1.165, 1.54) is 4.90 Å². The van der Waals surface area contributed by atoms with Gasteiger partial charge in [0.2, 0.25) is 0 Å². The lowest BCUT2D eigenvalue weighted by Gasteiger charge is -2.23. The molecule has 18 heavy (non-hydrogen) atoms. The van der Waals surface area contributed by atoms with Crippen LogP contribution in [0.4, 0.5) is 4.79 Å². The fourth-order valence-electron chi connectivity index (χ4n) is 2.07. The Hall–Kier alpha value is -2.04. The number of hydrogen-bond donors (Lipinski definition) is 1. The molecule has 0 atom stereocenters. The molecule has 0 unspecified atom stereocenters. The fraction of sp³-hybridized carbons (Fsp3) is 0.385. The first kappa shape index (κ1) is 12.4. The van der Waals surface area contributed by atoms with Crippen LogP contribution >= 0.6 is 0 Å². The molecule has 5 nitrogen and oxygen atoms in total. The number of fused-ring (bicyclic) bond motifs is 1. The Morgan fingerprint density at radius 3 is 2.33 bits per heavy atom. The Balaban J connectivity index is 1.94. The van der Waals surface area contributed by atoms with E-state index in [2.05, 4.69) is 0 Å². The van der Waals surface area contributed by atoms with Crippen molar-refractivity contribution < 1.29 is 14.7 Å². The largest absolute Gasteiger partial charge is 0.481 e. The van der Waals surface area contributed by atoms with Crippen LogP contribution in [0.2, 0.25) is 0 Å². The third kappa shape index (κ3) is 2.61. The molecule has 1 aromatic carbocycles. The second-order valence-corrected chi connectivity index (χ2v) is 4.47. The van der Waals surface area contributed by atoms with Crippen LogP contribution in [0.25, 0.3) is 0 Å². The normalized spacial score (nSPS) is 13.3. The molecule has 0 radical (unpaired) electrons. The zero-order valence-electron chi connectivity index (χ0n) is 10.3. The Morgan fingerprint density at radius 2 is 1.83 bits per heavy atom. The molecule has 1 heterocycles. The standard InChI is InChI=1S/C13H16N2O3/c1-14(7-6-12(16)17)13(18)15-8-10-4-2-3-5-11(10)9-15/h2-5H,6-9H2,1H3,(H,16,17). The number of hydrogen-bond acceptors (Lipinski definition) is 2. The summed E-state index contributed by atoms with van der Waals surface area (Å²) in [7, 11) is 1.63. The highest BCUT2D eigenvalue weighted by Crippen LogP contribution is 2.22. The lowest BCUT2D eigenvalue weighted by molar-refractivity contribution is -0.137. The molecular weight excluding hydrogens is 232 g/mol. The number of aliphatic carboxylic acids is 1. The van der Waals surface area contributed by atoms with Crippen molar-refractivity contribution in [2.24, 2.45) is 0 Å². The van der Waals surface area contributed by atoms with E-state index in [1.807, 2.05) is 24.3 Å². The minimum Gasteiger partial charge on any atom is -0.481 e. The van der Waals surface area contributed by atoms with Crippen LogP contribution < -0.4 is 0 Å². The van der Waals surface area contributed by atoms with E-state index in [-0.39, 0.29) is 19.0 Å². The van der Waals surface area contributed by atoms with E-state index in [1.54, 1.807) is 11.9 Å². The van der Waals surface area contributed by atoms with Gasteiger partial charge in [0.25, 0.3) is 0 Å². The van der Waals surface area contributed by atoms with Gasteiger partial charge < -0.3 is 14.9 Å². The van der Waals surface area contributed by atoms with Gasteiger partial charge in [-0.2, -0.15) is 0 Å². The predicted molar refractivity (Wildman–Crippen MR) is 66.0 cm³/mol. The van der Waals surface area contributed by atoms with Crippen LogP contribution in [-0.4, -0.2) is 40.5 Å². The molecule has 0 bridgehead atoms. The number of carbonyl (C=O) groups excluding carboxylic acids is 1. The van der Waals surface area contributed by atoms with E-state index in [0.29, 0.717) is 13.1 Å². The lowest BCUT2D eigenvalue weighted by Crippen LogP contribution is -2.39. The molecule has 0 aliphatic carbocycles. The molecule has 1 N–H and O–H groups in total. The summed E-state index contributed by atoms with van der Waals surface area (Å²) in [6.45, 7) is 1.44. The maximum atomic E-state index is 12.1. The molecule has 0 saturated heterocycles. The summed E-state index contributed by atoms with van der Waals surface area (Å²) >= 11 is 0. The van der Waals surface area contributed by atoms with Crippen molar-refractivity contribution in [2.75, 3.05) is 13.6 Å². The van der Waals surface area contributed by atoms with Crippen LogP contribution in [0.15, 0.2) is 24.3 Å². The smallest absolute Gasteiger partial charge is 0.320 e. The first-order valence-electron chi connectivity index (χ1n) is 5.86. The molecule has 0 saturated carbocycles. The van der Waals surface area contributed by atoms with E-state index in [4.69, 9.17) is 5.11 Å². The summed E-state index contributed by atoms with van der Waals surface area (Å²) in [5, 5.41) is 8.60. The average molecular weight is 248 g/mol. The van der Waals surface area contributed by atoms with Crippen molar-refractivity contribution in [3.63, 3.8) is 0 Å². The number of carboxylic acids is 1. The molecule has 96 valence electrons. The molecule has 1 aliphatic rings. The Morgan fingerprint density at radius 1 is 1.28 bits per heavy atom. The fourth-order valence-corrected chi connectivity index (χ4v) is 2.07. The van der Waals surface area contributed by atoms with Crippen molar-refractivity contribution in [1.29, 1.82) is 0 Å². The molecule has 2 rings (SSSR count). The van der Waals surface area contributed by atoms with Gasteiger partial charge >= 0.3 is 12.0 Å². The van der Waals surface area contributed by atoms with Crippen LogP contribution in [0.1, 0.15) is 17.5 Å². The third-order valence-corrected chi connectivity index (χ3v) is 3.10. The summed E-state index contributed by atoms with van der Waals surface area (Å²) in [4.78, 5) is 25.7. The molecular formula is C13H16N2O3. The molecule has 1 aliphatic heterocycles. The summed E-state index contributed by atoms with van der Waals surface area (Å²) in [5.74, 6) is -0.889. The molecule has 5 heteroatoms. The van der Waals surface area contributed by atoms with Crippen molar-refractivity contribution in [3.05, 3.63) is 35.4 Å². The Bertz CT molecular complexity index is 448. The van der Waals surface area contributed by atoms with Gasteiger partial charge in [0.1, 0.15) is 0 Å². The minimum absolute atomic E-state index is 0.0248. The maximum absolute atomic E-state index is 12.1. The van der Waals surface area contributed by atoms with Crippen molar-refractivity contribution >= 4 is 12.0 Å². The van der Waals surface area contributed by atoms with E-state index in [9.17, 15) is 9.59 Å². The number of nitrogens with zero attached hydrogens (tertiary/aromatic N) is 2.